The highest BCUT2D eigenvalue weighted by atomic mass is 16.5. The minimum atomic E-state index is -0.108. The van der Waals surface area contributed by atoms with E-state index in [0.717, 1.165) is 12.8 Å². The van der Waals surface area contributed by atoms with Crippen LogP contribution in [-0.2, 0) is 9.53 Å². The number of ether oxygens (including phenoxy) is 1. The molecular weight excluding hydrogens is 128 g/mol. The van der Waals surface area contributed by atoms with E-state index in [1.807, 2.05) is 0 Å². The number of Topliss-reactive ketones (excluding diaryl/α,β-unsaturated/α-hetero) is 1. The molecule has 2 heteroatoms. The Morgan fingerprint density at radius 2 is 2.30 bits per heavy atom. The first kappa shape index (κ1) is 7.73. The summed E-state index contributed by atoms with van der Waals surface area (Å²) in [6.07, 6.45) is 2.55. The Kier molecular flexibility index (Phi) is 2.44. The van der Waals surface area contributed by atoms with Gasteiger partial charge in [0, 0.05) is 13.5 Å². The van der Waals surface area contributed by atoms with Crippen molar-refractivity contribution in [1.82, 2.24) is 0 Å². The summed E-state index contributed by atoms with van der Waals surface area (Å²) in [5, 5.41) is 0. The van der Waals surface area contributed by atoms with Gasteiger partial charge in [0.2, 0.25) is 0 Å². The molecule has 2 unspecified atom stereocenters. The molecule has 1 fully saturated rings. The molecule has 0 aromatic heterocycles. The van der Waals surface area contributed by atoms with Gasteiger partial charge in [-0.3, -0.25) is 4.79 Å². The molecular formula is C8H14O2. The highest BCUT2D eigenvalue weighted by Gasteiger charge is 2.25. The molecule has 1 rings (SSSR count). The van der Waals surface area contributed by atoms with Crippen molar-refractivity contribution in [2.75, 3.05) is 7.11 Å². The third kappa shape index (κ3) is 1.57. The van der Waals surface area contributed by atoms with Gasteiger partial charge in [-0.2, -0.15) is 0 Å². The van der Waals surface area contributed by atoms with Gasteiger partial charge in [-0.1, -0.05) is 6.92 Å². The number of ketones is 1. The predicted molar refractivity (Wildman–Crippen MR) is 38.8 cm³/mol. The minimum absolute atomic E-state index is 0.108. The maximum absolute atomic E-state index is 11.0. The molecule has 2 atom stereocenters. The molecule has 0 saturated heterocycles. The third-order valence-electron chi connectivity index (χ3n) is 2.14. The van der Waals surface area contributed by atoms with E-state index in [1.54, 1.807) is 7.11 Å². The summed E-state index contributed by atoms with van der Waals surface area (Å²) in [6, 6.07) is 0. The number of carbonyl (C=O) groups excluding carboxylic acids is 1. The molecule has 0 bridgehead atoms. The fraction of sp³-hybridized carbons (Fsp3) is 0.875. The van der Waals surface area contributed by atoms with Crippen molar-refractivity contribution in [2.45, 2.75) is 32.3 Å². The van der Waals surface area contributed by atoms with E-state index in [1.165, 1.54) is 0 Å². The van der Waals surface area contributed by atoms with Crippen molar-refractivity contribution in [1.29, 1.82) is 0 Å². The van der Waals surface area contributed by atoms with Gasteiger partial charge in [0.15, 0.2) is 5.78 Å². The summed E-state index contributed by atoms with van der Waals surface area (Å²) in [5.41, 5.74) is 0. The third-order valence-corrected chi connectivity index (χ3v) is 2.14. The molecule has 0 spiro atoms. The molecule has 10 heavy (non-hydrogen) atoms. The smallest absolute Gasteiger partial charge is 0.161 e. The van der Waals surface area contributed by atoms with Crippen molar-refractivity contribution in [3.63, 3.8) is 0 Å². The van der Waals surface area contributed by atoms with Gasteiger partial charge in [-0.25, -0.2) is 0 Å². The van der Waals surface area contributed by atoms with Crippen LogP contribution in [0.25, 0.3) is 0 Å². The second-order valence-electron chi connectivity index (χ2n) is 3.07. The van der Waals surface area contributed by atoms with Gasteiger partial charge >= 0.3 is 0 Å². The summed E-state index contributed by atoms with van der Waals surface area (Å²) in [5.74, 6) is 0.934. The zero-order valence-corrected chi connectivity index (χ0v) is 6.59. The fourth-order valence-corrected chi connectivity index (χ4v) is 1.39. The molecule has 1 aliphatic rings. The summed E-state index contributed by atoms with van der Waals surface area (Å²) < 4.78 is 5.02. The molecule has 0 aromatic carbocycles. The first-order valence-corrected chi connectivity index (χ1v) is 3.79. The SMILES string of the molecule is COC1CC(C)CCC1=O. The molecule has 0 amide bonds. The lowest BCUT2D eigenvalue weighted by molar-refractivity contribution is -0.132. The molecule has 0 radical (unpaired) electrons. The van der Waals surface area contributed by atoms with Crippen molar-refractivity contribution in [2.24, 2.45) is 5.92 Å². The van der Waals surface area contributed by atoms with Crippen LogP contribution < -0.4 is 0 Å². The molecule has 1 aliphatic carbocycles. The van der Waals surface area contributed by atoms with Crippen LogP contribution >= 0.6 is 0 Å². The maximum Gasteiger partial charge on any atom is 0.161 e. The van der Waals surface area contributed by atoms with E-state index in [0.29, 0.717) is 12.3 Å². The topological polar surface area (TPSA) is 26.3 Å². The molecule has 2 nitrogen and oxygen atoms in total. The van der Waals surface area contributed by atoms with Gasteiger partial charge in [-0.15, -0.1) is 0 Å². The minimum Gasteiger partial charge on any atom is -0.374 e. The molecule has 0 aromatic rings. The van der Waals surface area contributed by atoms with E-state index in [4.69, 9.17) is 4.74 Å². The first-order valence-electron chi connectivity index (χ1n) is 3.79. The van der Waals surface area contributed by atoms with E-state index in [-0.39, 0.29) is 11.9 Å². The number of rotatable bonds is 1. The number of hydrogen-bond donors (Lipinski definition) is 0. The van der Waals surface area contributed by atoms with Crippen LogP contribution in [-0.4, -0.2) is 19.0 Å². The van der Waals surface area contributed by atoms with E-state index in [2.05, 4.69) is 6.92 Å². The van der Waals surface area contributed by atoms with Crippen LogP contribution in [0.15, 0.2) is 0 Å². The zero-order valence-electron chi connectivity index (χ0n) is 6.59. The standard InChI is InChI=1S/C8H14O2/c1-6-3-4-7(9)8(5-6)10-2/h6,8H,3-5H2,1-2H3. The largest absolute Gasteiger partial charge is 0.374 e. The Morgan fingerprint density at radius 1 is 1.60 bits per heavy atom. The summed E-state index contributed by atoms with van der Waals surface area (Å²) in [6.45, 7) is 2.17. The van der Waals surface area contributed by atoms with Crippen molar-refractivity contribution < 1.29 is 9.53 Å². The lowest BCUT2D eigenvalue weighted by Crippen LogP contribution is -2.30. The normalized spacial score (nSPS) is 34.4. The summed E-state index contributed by atoms with van der Waals surface area (Å²) in [4.78, 5) is 11.0. The van der Waals surface area contributed by atoms with Gasteiger partial charge in [0.1, 0.15) is 6.10 Å². The van der Waals surface area contributed by atoms with Gasteiger partial charge in [-0.05, 0) is 18.8 Å². The molecule has 0 N–H and O–H groups in total. The Labute approximate surface area is 61.6 Å². The second-order valence-corrected chi connectivity index (χ2v) is 3.07. The lowest BCUT2D eigenvalue weighted by Gasteiger charge is -2.23. The highest BCUT2D eigenvalue weighted by Crippen LogP contribution is 2.22. The Hall–Kier alpha value is -0.370. The quantitative estimate of drug-likeness (QED) is 0.553. The molecule has 1 saturated carbocycles. The van der Waals surface area contributed by atoms with E-state index < -0.39 is 0 Å². The molecule has 0 heterocycles. The summed E-state index contributed by atoms with van der Waals surface area (Å²) in [7, 11) is 1.61. The van der Waals surface area contributed by atoms with Crippen LogP contribution in [0.5, 0.6) is 0 Å². The fourth-order valence-electron chi connectivity index (χ4n) is 1.39. The van der Waals surface area contributed by atoms with E-state index in [9.17, 15) is 4.79 Å². The van der Waals surface area contributed by atoms with Gasteiger partial charge in [0.05, 0.1) is 0 Å². The first-order chi connectivity index (χ1) is 4.74. The van der Waals surface area contributed by atoms with Crippen LogP contribution in [0, 0.1) is 5.92 Å². The summed E-state index contributed by atoms with van der Waals surface area (Å²) >= 11 is 0. The van der Waals surface area contributed by atoms with Crippen LogP contribution in [0.3, 0.4) is 0 Å². The Bertz CT molecular complexity index is 131. The number of carbonyl (C=O) groups is 1. The van der Waals surface area contributed by atoms with Crippen LogP contribution in [0.1, 0.15) is 26.2 Å². The lowest BCUT2D eigenvalue weighted by atomic mass is 9.88. The van der Waals surface area contributed by atoms with Crippen molar-refractivity contribution in [3.8, 4) is 0 Å². The predicted octanol–water partition coefficient (Wildman–Crippen LogP) is 1.39. The zero-order chi connectivity index (χ0) is 7.56. The van der Waals surface area contributed by atoms with Gasteiger partial charge in [0.25, 0.3) is 0 Å². The molecule has 0 aliphatic heterocycles. The van der Waals surface area contributed by atoms with Crippen LogP contribution in [0.2, 0.25) is 0 Å². The number of hydrogen-bond acceptors (Lipinski definition) is 2. The van der Waals surface area contributed by atoms with Crippen LogP contribution in [0.4, 0.5) is 0 Å². The number of methoxy groups -OCH3 is 1. The maximum atomic E-state index is 11.0. The van der Waals surface area contributed by atoms with Gasteiger partial charge < -0.3 is 4.74 Å². The second kappa shape index (κ2) is 3.15. The molecule has 58 valence electrons. The average Bonchev–Trinajstić information content (AvgIpc) is 1.94. The Balaban J connectivity index is 2.45. The van der Waals surface area contributed by atoms with Crippen molar-refractivity contribution in [3.05, 3.63) is 0 Å². The monoisotopic (exact) mass is 142 g/mol. The highest BCUT2D eigenvalue weighted by molar-refractivity contribution is 5.83. The average molecular weight is 142 g/mol. The van der Waals surface area contributed by atoms with Crippen molar-refractivity contribution >= 4 is 5.78 Å². The van der Waals surface area contributed by atoms with E-state index >= 15 is 0 Å². The Morgan fingerprint density at radius 3 is 2.80 bits per heavy atom.